The van der Waals surface area contributed by atoms with Crippen LogP contribution in [0.1, 0.15) is 26.3 Å². The van der Waals surface area contributed by atoms with Gasteiger partial charge in [0.25, 0.3) is 0 Å². The summed E-state index contributed by atoms with van der Waals surface area (Å²) >= 11 is 0. The van der Waals surface area contributed by atoms with E-state index in [2.05, 4.69) is 37.1 Å². The summed E-state index contributed by atoms with van der Waals surface area (Å²) in [6, 6.07) is 9.96. The van der Waals surface area contributed by atoms with Crippen molar-refractivity contribution in [1.29, 1.82) is 5.26 Å². The number of pyridine rings is 1. The van der Waals surface area contributed by atoms with Crippen LogP contribution in [0.25, 0.3) is 10.9 Å². The molecule has 0 saturated heterocycles. The molecule has 92 valence electrons. The second kappa shape index (κ2) is 4.66. The normalized spacial score (nSPS) is 11.2. The Morgan fingerprint density at radius 2 is 2.11 bits per heavy atom. The number of fused-ring (bicyclic) bond motifs is 1. The number of hydrogen-bond donors (Lipinski definition) is 1. The predicted octanol–water partition coefficient (Wildman–Crippen LogP) is 3.56. The first-order valence-electron chi connectivity index (χ1n) is 6.02. The summed E-state index contributed by atoms with van der Waals surface area (Å²) in [5.74, 6) is 0. The van der Waals surface area contributed by atoms with E-state index in [1.165, 1.54) is 0 Å². The lowest BCUT2D eigenvalue weighted by atomic mass is 9.97. The van der Waals surface area contributed by atoms with E-state index >= 15 is 0 Å². The third-order valence-electron chi connectivity index (χ3n) is 2.65. The van der Waals surface area contributed by atoms with Crippen molar-refractivity contribution in [2.75, 3.05) is 11.9 Å². The van der Waals surface area contributed by atoms with Gasteiger partial charge in [-0.1, -0.05) is 32.9 Å². The predicted molar refractivity (Wildman–Crippen MR) is 74.4 cm³/mol. The minimum atomic E-state index is 0.217. The van der Waals surface area contributed by atoms with Gasteiger partial charge >= 0.3 is 0 Å². The molecule has 0 unspecified atom stereocenters. The molecule has 18 heavy (non-hydrogen) atoms. The van der Waals surface area contributed by atoms with Gasteiger partial charge in [-0.3, -0.25) is 4.98 Å². The van der Waals surface area contributed by atoms with Crippen LogP contribution in [-0.2, 0) is 0 Å². The average molecular weight is 239 g/mol. The molecule has 0 aliphatic rings. The number of hydrogen-bond acceptors (Lipinski definition) is 3. The van der Waals surface area contributed by atoms with Crippen LogP contribution >= 0.6 is 0 Å². The van der Waals surface area contributed by atoms with Crippen LogP contribution < -0.4 is 5.32 Å². The number of rotatable bonds is 2. The second-order valence-electron chi connectivity index (χ2n) is 5.63. The average Bonchev–Trinajstić information content (AvgIpc) is 2.34. The summed E-state index contributed by atoms with van der Waals surface area (Å²) in [5, 5.41) is 13.3. The topological polar surface area (TPSA) is 48.7 Å². The van der Waals surface area contributed by atoms with Crippen molar-refractivity contribution in [1.82, 2.24) is 4.98 Å². The molecule has 0 bridgehead atoms. The third-order valence-corrected chi connectivity index (χ3v) is 2.65. The van der Waals surface area contributed by atoms with Gasteiger partial charge in [0.1, 0.15) is 6.07 Å². The number of nitrogens with zero attached hydrogens (tertiary/aromatic N) is 2. The lowest BCUT2D eigenvalue weighted by molar-refractivity contribution is 0.443. The number of para-hydroxylation sites is 1. The molecule has 0 aliphatic heterocycles. The van der Waals surface area contributed by atoms with Gasteiger partial charge in [-0.25, -0.2) is 0 Å². The fourth-order valence-electron chi connectivity index (χ4n) is 1.72. The fraction of sp³-hybridized carbons (Fsp3) is 0.333. The summed E-state index contributed by atoms with van der Waals surface area (Å²) in [6.07, 6.45) is 1.62. The Morgan fingerprint density at radius 1 is 1.33 bits per heavy atom. The molecule has 0 fully saturated rings. The van der Waals surface area contributed by atoms with Gasteiger partial charge < -0.3 is 5.32 Å². The zero-order valence-corrected chi connectivity index (χ0v) is 11.0. The largest absolute Gasteiger partial charge is 0.383 e. The molecule has 3 heteroatoms. The number of nitrogens with one attached hydrogen (secondary N) is 1. The van der Waals surface area contributed by atoms with E-state index in [0.717, 1.165) is 23.1 Å². The molecule has 0 saturated carbocycles. The van der Waals surface area contributed by atoms with E-state index in [-0.39, 0.29) is 5.41 Å². The minimum Gasteiger partial charge on any atom is -0.383 e. The Balaban J connectivity index is 2.37. The fourth-order valence-corrected chi connectivity index (χ4v) is 1.72. The van der Waals surface area contributed by atoms with E-state index in [0.29, 0.717) is 5.56 Å². The molecular formula is C15H17N3. The Hall–Kier alpha value is -2.08. The third kappa shape index (κ3) is 2.78. The highest BCUT2D eigenvalue weighted by Crippen LogP contribution is 2.23. The maximum Gasteiger partial charge on any atom is 0.101 e. The standard InChI is InChI=1S/C15H17N3/c1-15(2,3)10-18-13-6-4-5-12-7-11(8-16)9-17-14(12)13/h4-7,9,18H,10H2,1-3H3. The van der Waals surface area contributed by atoms with Crippen LogP contribution in [-0.4, -0.2) is 11.5 Å². The van der Waals surface area contributed by atoms with Crippen molar-refractivity contribution in [2.45, 2.75) is 20.8 Å². The highest BCUT2D eigenvalue weighted by Gasteiger charge is 2.11. The molecular weight excluding hydrogens is 222 g/mol. The van der Waals surface area contributed by atoms with Crippen LogP contribution in [0.5, 0.6) is 0 Å². The summed E-state index contributed by atoms with van der Waals surface area (Å²) < 4.78 is 0. The van der Waals surface area contributed by atoms with Crippen molar-refractivity contribution in [3.63, 3.8) is 0 Å². The Labute approximate surface area is 107 Å². The number of nitriles is 1. The molecule has 3 nitrogen and oxygen atoms in total. The second-order valence-corrected chi connectivity index (χ2v) is 5.63. The first-order chi connectivity index (χ1) is 8.49. The SMILES string of the molecule is CC(C)(C)CNc1cccc2cc(C#N)cnc12. The summed E-state index contributed by atoms with van der Waals surface area (Å²) in [4.78, 5) is 4.37. The molecule has 0 spiro atoms. The smallest absolute Gasteiger partial charge is 0.101 e. The van der Waals surface area contributed by atoms with E-state index < -0.39 is 0 Å². The quantitative estimate of drug-likeness (QED) is 0.871. The van der Waals surface area contributed by atoms with E-state index in [1.54, 1.807) is 6.20 Å². The highest BCUT2D eigenvalue weighted by molar-refractivity contribution is 5.90. The molecule has 0 atom stereocenters. The van der Waals surface area contributed by atoms with Gasteiger partial charge in [0, 0.05) is 18.1 Å². The number of benzene rings is 1. The van der Waals surface area contributed by atoms with Gasteiger partial charge in [-0.05, 0) is 17.5 Å². The van der Waals surface area contributed by atoms with Crippen LogP contribution in [0.3, 0.4) is 0 Å². The first-order valence-corrected chi connectivity index (χ1v) is 6.02. The molecule has 0 radical (unpaired) electrons. The monoisotopic (exact) mass is 239 g/mol. The van der Waals surface area contributed by atoms with Gasteiger partial charge in [0.2, 0.25) is 0 Å². The van der Waals surface area contributed by atoms with Crippen LogP contribution in [0.2, 0.25) is 0 Å². The van der Waals surface area contributed by atoms with Gasteiger partial charge in [0.15, 0.2) is 0 Å². The van der Waals surface area contributed by atoms with Gasteiger partial charge in [-0.15, -0.1) is 0 Å². The molecule has 1 heterocycles. The minimum absolute atomic E-state index is 0.217. The number of aromatic nitrogens is 1. The Morgan fingerprint density at radius 3 is 2.78 bits per heavy atom. The highest BCUT2D eigenvalue weighted by atomic mass is 14.9. The molecule has 1 aromatic heterocycles. The van der Waals surface area contributed by atoms with Crippen molar-refractivity contribution < 1.29 is 0 Å². The van der Waals surface area contributed by atoms with Crippen molar-refractivity contribution in [2.24, 2.45) is 5.41 Å². The van der Waals surface area contributed by atoms with Crippen molar-refractivity contribution in [3.05, 3.63) is 36.0 Å². The van der Waals surface area contributed by atoms with Crippen LogP contribution in [0, 0.1) is 16.7 Å². The zero-order chi connectivity index (χ0) is 13.2. The zero-order valence-electron chi connectivity index (χ0n) is 11.0. The molecule has 2 aromatic rings. The van der Waals surface area contributed by atoms with Gasteiger partial charge in [0.05, 0.1) is 16.8 Å². The van der Waals surface area contributed by atoms with Crippen molar-refractivity contribution in [3.8, 4) is 6.07 Å². The molecule has 1 N–H and O–H groups in total. The lowest BCUT2D eigenvalue weighted by Crippen LogP contribution is -2.19. The number of anilines is 1. The van der Waals surface area contributed by atoms with E-state index in [9.17, 15) is 0 Å². The molecule has 0 amide bonds. The Kier molecular flexibility index (Phi) is 3.20. The first kappa shape index (κ1) is 12.4. The van der Waals surface area contributed by atoms with E-state index in [4.69, 9.17) is 5.26 Å². The van der Waals surface area contributed by atoms with Gasteiger partial charge in [-0.2, -0.15) is 5.26 Å². The van der Waals surface area contributed by atoms with Crippen molar-refractivity contribution >= 4 is 16.6 Å². The van der Waals surface area contributed by atoms with E-state index in [1.807, 2.05) is 24.3 Å². The molecule has 2 rings (SSSR count). The maximum atomic E-state index is 8.87. The molecule has 1 aromatic carbocycles. The lowest BCUT2D eigenvalue weighted by Gasteiger charge is -2.20. The maximum absolute atomic E-state index is 8.87. The van der Waals surface area contributed by atoms with Crippen LogP contribution in [0.15, 0.2) is 30.5 Å². The summed E-state index contributed by atoms with van der Waals surface area (Å²) in [7, 11) is 0. The Bertz CT molecular complexity index is 603. The summed E-state index contributed by atoms with van der Waals surface area (Å²) in [6.45, 7) is 7.44. The molecule has 0 aliphatic carbocycles. The van der Waals surface area contributed by atoms with Crippen LogP contribution in [0.4, 0.5) is 5.69 Å². The summed E-state index contributed by atoms with van der Waals surface area (Å²) in [5.41, 5.74) is 2.75.